The number of rotatable bonds is 7. The molecule has 0 saturated carbocycles. The molecule has 5 rings (SSSR count). The molecule has 39 heavy (non-hydrogen) atoms. The maximum absolute atomic E-state index is 13.4. The summed E-state index contributed by atoms with van der Waals surface area (Å²) in [6.07, 6.45) is 1.05. The molecule has 0 radical (unpaired) electrons. The monoisotopic (exact) mass is 564 g/mol. The summed E-state index contributed by atoms with van der Waals surface area (Å²) < 4.78 is 14.8. The van der Waals surface area contributed by atoms with E-state index < -0.39 is 17.6 Å². The Balaban J connectivity index is 1.45. The first kappa shape index (κ1) is 26.0. The van der Waals surface area contributed by atoms with Crippen LogP contribution in [0.5, 0.6) is 0 Å². The van der Waals surface area contributed by atoms with Gasteiger partial charge in [-0.25, -0.2) is 14.1 Å². The first-order valence-electron chi connectivity index (χ1n) is 11.5. The number of aryl methyl sites for hydroxylation is 1. The average Bonchev–Trinajstić information content (AvgIpc) is 3.54. The van der Waals surface area contributed by atoms with Crippen molar-refractivity contribution in [1.29, 1.82) is 0 Å². The van der Waals surface area contributed by atoms with Crippen LogP contribution >= 0.6 is 23.2 Å². The van der Waals surface area contributed by atoms with E-state index in [9.17, 15) is 14.0 Å². The molecule has 0 bridgehead atoms. The number of carbonyl (C=O) groups excluding carboxylic acids is 2. The van der Waals surface area contributed by atoms with E-state index in [0.29, 0.717) is 28.6 Å². The van der Waals surface area contributed by atoms with E-state index in [4.69, 9.17) is 23.2 Å². The van der Waals surface area contributed by atoms with Gasteiger partial charge in [-0.3, -0.25) is 19.7 Å². The number of anilines is 1. The molecule has 196 valence electrons. The second-order valence-corrected chi connectivity index (χ2v) is 9.12. The van der Waals surface area contributed by atoms with Crippen molar-refractivity contribution in [3.63, 3.8) is 0 Å². The van der Waals surface area contributed by atoms with Crippen LogP contribution in [0, 0.1) is 12.7 Å². The molecule has 0 aliphatic heterocycles. The first-order valence-corrected chi connectivity index (χ1v) is 12.3. The van der Waals surface area contributed by atoms with Gasteiger partial charge in [0.2, 0.25) is 0 Å². The Hall–Kier alpha value is -4.61. The molecule has 0 spiro atoms. The third-order valence-electron chi connectivity index (χ3n) is 5.54. The Bertz CT molecular complexity index is 1670. The lowest BCUT2D eigenvalue weighted by atomic mass is 10.1. The number of amides is 2. The van der Waals surface area contributed by atoms with Crippen molar-refractivity contribution in [3.8, 4) is 16.9 Å². The summed E-state index contributed by atoms with van der Waals surface area (Å²) in [6, 6.07) is 16.0. The lowest BCUT2D eigenvalue weighted by Crippen LogP contribution is -2.24. The molecular formula is C26H19Cl2FN8O2. The second kappa shape index (κ2) is 11.0. The molecule has 3 heterocycles. The lowest BCUT2D eigenvalue weighted by molar-refractivity contribution is 0.0943. The molecule has 3 aromatic heterocycles. The van der Waals surface area contributed by atoms with E-state index >= 15 is 0 Å². The smallest absolute Gasteiger partial charge is 0.272 e. The van der Waals surface area contributed by atoms with E-state index in [1.165, 1.54) is 35.0 Å². The van der Waals surface area contributed by atoms with Gasteiger partial charge in [-0.1, -0.05) is 41.4 Å². The Morgan fingerprint density at radius 3 is 2.51 bits per heavy atom. The van der Waals surface area contributed by atoms with Crippen LogP contribution in [0.3, 0.4) is 0 Å². The number of H-pyrrole nitrogens is 1. The largest absolute Gasteiger partial charge is 0.343 e. The van der Waals surface area contributed by atoms with Gasteiger partial charge in [0.1, 0.15) is 17.5 Å². The first-order chi connectivity index (χ1) is 18.8. The quantitative estimate of drug-likeness (QED) is 0.255. The summed E-state index contributed by atoms with van der Waals surface area (Å²) in [5.74, 6) is -0.321. The summed E-state index contributed by atoms with van der Waals surface area (Å²) >= 11 is 12.7. The minimum Gasteiger partial charge on any atom is -0.343 e. The van der Waals surface area contributed by atoms with Crippen LogP contribution in [0.2, 0.25) is 10.0 Å². The van der Waals surface area contributed by atoms with E-state index in [2.05, 4.69) is 35.9 Å². The molecule has 13 heteroatoms. The highest BCUT2D eigenvalue weighted by Gasteiger charge is 2.21. The van der Waals surface area contributed by atoms with Crippen LogP contribution in [-0.2, 0) is 6.54 Å². The number of aromatic nitrogens is 6. The molecule has 0 aliphatic rings. The molecule has 3 N–H and O–H groups in total. The van der Waals surface area contributed by atoms with Crippen LogP contribution in [-0.4, -0.2) is 41.8 Å². The van der Waals surface area contributed by atoms with Crippen molar-refractivity contribution in [2.45, 2.75) is 13.5 Å². The van der Waals surface area contributed by atoms with Crippen molar-refractivity contribution in [2.24, 2.45) is 0 Å². The van der Waals surface area contributed by atoms with Gasteiger partial charge in [-0.2, -0.15) is 10.2 Å². The van der Waals surface area contributed by atoms with Crippen LogP contribution < -0.4 is 10.6 Å². The van der Waals surface area contributed by atoms with Crippen LogP contribution in [0.15, 0.2) is 66.9 Å². The average molecular weight is 565 g/mol. The van der Waals surface area contributed by atoms with Crippen molar-refractivity contribution in [2.75, 3.05) is 5.32 Å². The Morgan fingerprint density at radius 2 is 1.82 bits per heavy atom. The maximum atomic E-state index is 13.4. The number of benzene rings is 2. The summed E-state index contributed by atoms with van der Waals surface area (Å²) in [7, 11) is 0. The molecule has 2 amide bonds. The number of para-hydroxylation sites is 1. The Labute approximate surface area is 231 Å². The molecule has 5 aromatic rings. The predicted octanol–water partition coefficient (Wildman–Crippen LogP) is 4.99. The third kappa shape index (κ3) is 5.79. The number of aromatic amines is 1. The third-order valence-corrected chi connectivity index (χ3v) is 6.17. The predicted molar refractivity (Wildman–Crippen MR) is 143 cm³/mol. The lowest BCUT2D eigenvalue weighted by Gasteiger charge is -2.12. The second-order valence-electron chi connectivity index (χ2n) is 8.31. The van der Waals surface area contributed by atoms with E-state index in [1.807, 2.05) is 6.07 Å². The fourth-order valence-corrected chi connectivity index (χ4v) is 4.27. The van der Waals surface area contributed by atoms with Gasteiger partial charge in [0.15, 0.2) is 11.5 Å². The SMILES string of the molecule is Cc1nc(CNC(=O)c2cc(NC(=O)c3cc(-c4ccc(F)cn4)c(Cl)cc3Cl)n(-c3ccccc3)n2)n[nH]1. The van der Waals surface area contributed by atoms with E-state index in [-0.39, 0.29) is 33.7 Å². The summed E-state index contributed by atoms with van der Waals surface area (Å²) in [6.45, 7) is 1.84. The Morgan fingerprint density at radius 1 is 1.03 bits per heavy atom. The molecule has 0 atom stereocenters. The number of nitrogens with one attached hydrogen (secondary N) is 3. The summed E-state index contributed by atoms with van der Waals surface area (Å²) in [5, 5.41) is 16.9. The standard InChI is InChI=1S/C26H19Cl2FN8O2/c1-14-32-23(35-34-14)13-31-26(39)22-11-24(37(36-22)16-5-3-2-4-6-16)33-25(38)18-9-17(19(27)10-20(18)28)21-8-7-15(29)12-30-21/h2-12H,13H2,1H3,(H,31,39)(H,33,38)(H,32,34,35). The zero-order chi connectivity index (χ0) is 27.5. The van der Waals surface area contributed by atoms with Gasteiger partial charge < -0.3 is 10.6 Å². The fourth-order valence-electron chi connectivity index (χ4n) is 3.70. The highest BCUT2D eigenvalue weighted by Crippen LogP contribution is 2.32. The van der Waals surface area contributed by atoms with Gasteiger partial charge in [-0.05, 0) is 43.3 Å². The van der Waals surface area contributed by atoms with Gasteiger partial charge in [-0.15, -0.1) is 0 Å². The normalized spacial score (nSPS) is 10.9. The molecule has 2 aromatic carbocycles. The molecule has 10 nitrogen and oxygen atoms in total. The molecule has 0 fully saturated rings. The van der Waals surface area contributed by atoms with E-state index in [0.717, 1.165) is 6.20 Å². The zero-order valence-corrected chi connectivity index (χ0v) is 21.8. The van der Waals surface area contributed by atoms with Crippen molar-refractivity contribution < 1.29 is 14.0 Å². The maximum Gasteiger partial charge on any atom is 0.272 e. The minimum atomic E-state index is -0.583. The van der Waals surface area contributed by atoms with E-state index in [1.54, 1.807) is 31.2 Å². The number of carbonyl (C=O) groups is 2. The van der Waals surface area contributed by atoms with Gasteiger partial charge >= 0.3 is 0 Å². The topological polar surface area (TPSA) is 130 Å². The number of hydrogen-bond donors (Lipinski definition) is 3. The molecule has 0 saturated heterocycles. The minimum absolute atomic E-state index is 0.0554. The number of pyridine rings is 1. The fraction of sp³-hybridized carbons (Fsp3) is 0.0769. The zero-order valence-electron chi connectivity index (χ0n) is 20.2. The molecule has 0 aliphatic carbocycles. The Kier molecular flexibility index (Phi) is 7.35. The van der Waals surface area contributed by atoms with Gasteiger partial charge in [0.25, 0.3) is 11.8 Å². The highest BCUT2D eigenvalue weighted by atomic mass is 35.5. The van der Waals surface area contributed by atoms with Gasteiger partial charge in [0, 0.05) is 11.6 Å². The van der Waals surface area contributed by atoms with Crippen LogP contribution in [0.4, 0.5) is 10.2 Å². The molecular weight excluding hydrogens is 546 g/mol. The molecule has 0 unspecified atom stereocenters. The highest BCUT2D eigenvalue weighted by molar-refractivity contribution is 6.38. The number of halogens is 3. The van der Waals surface area contributed by atoms with Crippen molar-refractivity contribution in [1.82, 2.24) is 35.3 Å². The van der Waals surface area contributed by atoms with Crippen LogP contribution in [0.1, 0.15) is 32.5 Å². The van der Waals surface area contributed by atoms with Gasteiger partial charge in [0.05, 0.1) is 39.7 Å². The number of hydrogen-bond acceptors (Lipinski definition) is 6. The summed E-state index contributed by atoms with van der Waals surface area (Å²) in [4.78, 5) is 34.4. The summed E-state index contributed by atoms with van der Waals surface area (Å²) in [5.41, 5.74) is 1.51. The number of nitrogens with zero attached hydrogens (tertiary/aromatic N) is 5. The van der Waals surface area contributed by atoms with Crippen molar-refractivity contribution in [3.05, 3.63) is 106 Å². The van der Waals surface area contributed by atoms with Crippen molar-refractivity contribution >= 4 is 40.8 Å². The van der Waals surface area contributed by atoms with Crippen LogP contribution in [0.25, 0.3) is 16.9 Å².